The molecule has 0 bridgehead atoms. The van der Waals surface area contributed by atoms with Gasteiger partial charge in [-0.15, -0.1) is 0 Å². The van der Waals surface area contributed by atoms with Gasteiger partial charge >= 0.3 is 0 Å². The number of ether oxygens (including phenoxy) is 2. The number of likely N-dealkylation sites (N-methyl/N-ethyl adjacent to an activating group) is 1. The molecule has 2 saturated heterocycles. The molecule has 2 unspecified atom stereocenters. The fourth-order valence-electron chi connectivity index (χ4n) is 3.91. The minimum absolute atomic E-state index is 0.183. The topological polar surface area (TPSA) is 54.9 Å². The minimum atomic E-state index is -0.589. The zero-order valence-electron chi connectivity index (χ0n) is 15.9. The molecule has 1 spiro atoms. The SMILES string of the molecule is CN(C(=O)C1CC2(CO1)CN(Cc1ccncc1)CCO2)c1cccc(F)c1. The second-order valence-electron chi connectivity index (χ2n) is 7.48. The van der Waals surface area contributed by atoms with Crippen LogP contribution in [0.4, 0.5) is 10.1 Å². The van der Waals surface area contributed by atoms with Gasteiger partial charge in [-0.05, 0) is 35.9 Å². The van der Waals surface area contributed by atoms with E-state index in [1.807, 2.05) is 12.1 Å². The number of morpholine rings is 1. The summed E-state index contributed by atoms with van der Waals surface area (Å²) in [6.07, 6.45) is 3.50. The lowest BCUT2D eigenvalue weighted by atomic mass is 9.96. The van der Waals surface area contributed by atoms with E-state index in [0.717, 1.165) is 13.1 Å². The molecule has 1 amide bonds. The number of aromatic nitrogens is 1. The van der Waals surface area contributed by atoms with Crippen LogP contribution in [0.15, 0.2) is 48.8 Å². The summed E-state index contributed by atoms with van der Waals surface area (Å²) in [5.41, 5.74) is 1.23. The summed E-state index contributed by atoms with van der Waals surface area (Å²) in [5, 5.41) is 0. The summed E-state index contributed by atoms with van der Waals surface area (Å²) < 4.78 is 25.4. The number of hydrogen-bond acceptors (Lipinski definition) is 5. The second-order valence-corrected chi connectivity index (χ2v) is 7.48. The van der Waals surface area contributed by atoms with Crippen LogP contribution < -0.4 is 4.90 Å². The lowest BCUT2D eigenvalue weighted by Gasteiger charge is -2.39. The third kappa shape index (κ3) is 4.06. The van der Waals surface area contributed by atoms with Gasteiger partial charge in [0.25, 0.3) is 5.91 Å². The first-order valence-electron chi connectivity index (χ1n) is 9.45. The first-order chi connectivity index (χ1) is 13.5. The number of hydrogen-bond donors (Lipinski definition) is 0. The van der Waals surface area contributed by atoms with E-state index in [1.54, 1.807) is 31.6 Å². The highest BCUT2D eigenvalue weighted by atomic mass is 19.1. The fraction of sp³-hybridized carbons (Fsp3) is 0.429. The normalized spacial score (nSPS) is 25.1. The van der Waals surface area contributed by atoms with Gasteiger partial charge in [0.05, 0.1) is 13.2 Å². The average Bonchev–Trinajstić information content (AvgIpc) is 3.10. The van der Waals surface area contributed by atoms with E-state index < -0.39 is 11.7 Å². The lowest BCUT2D eigenvalue weighted by Crippen LogP contribution is -2.52. The van der Waals surface area contributed by atoms with Crippen molar-refractivity contribution in [3.8, 4) is 0 Å². The van der Waals surface area contributed by atoms with Crippen molar-refractivity contribution in [3.05, 3.63) is 60.2 Å². The van der Waals surface area contributed by atoms with Crippen LogP contribution >= 0.6 is 0 Å². The predicted molar refractivity (Wildman–Crippen MR) is 102 cm³/mol. The average molecular weight is 385 g/mol. The quantitative estimate of drug-likeness (QED) is 0.808. The maximum Gasteiger partial charge on any atom is 0.255 e. The zero-order valence-corrected chi connectivity index (χ0v) is 15.9. The Morgan fingerprint density at radius 1 is 1.36 bits per heavy atom. The van der Waals surface area contributed by atoms with E-state index in [-0.39, 0.29) is 11.7 Å². The van der Waals surface area contributed by atoms with Crippen LogP contribution in [0.2, 0.25) is 0 Å². The smallest absolute Gasteiger partial charge is 0.255 e. The highest BCUT2D eigenvalue weighted by Crippen LogP contribution is 2.33. The number of amides is 1. The van der Waals surface area contributed by atoms with Crippen LogP contribution in [0, 0.1) is 5.82 Å². The standard InChI is InChI=1S/C21H24FN3O3/c1-24(18-4-2-3-17(22)11-18)20(26)19-12-21(15-27-19)14-25(9-10-28-21)13-16-5-7-23-8-6-16/h2-8,11,19H,9-10,12-15H2,1H3. The minimum Gasteiger partial charge on any atom is -0.370 e. The fourth-order valence-corrected chi connectivity index (χ4v) is 3.91. The molecule has 0 N–H and O–H groups in total. The summed E-state index contributed by atoms with van der Waals surface area (Å²) in [4.78, 5) is 20.7. The van der Waals surface area contributed by atoms with Crippen molar-refractivity contribution in [2.75, 3.05) is 38.3 Å². The molecule has 148 valence electrons. The van der Waals surface area contributed by atoms with Crippen LogP contribution in [0.1, 0.15) is 12.0 Å². The summed E-state index contributed by atoms with van der Waals surface area (Å²) in [6, 6.07) is 10.0. The molecular weight excluding hydrogens is 361 g/mol. The van der Waals surface area contributed by atoms with Crippen molar-refractivity contribution in [2.24, 2.45) is 0 Å². The Kier molecular flexibility index (Phi) is 5.39. The van der Waals surface area contributed by atoms with Crippen LogP contribution in [0.3, 0.4) is 0 Å². The number of benzene rings is 1. The Labute approximate surface area is 163 Å². The third-order valence-corrected chi connectivity index (χ3v) is 5.39. The van der Waals surface area contributed by atoms with Crippen molar-refractivity contribution < 1.29 is 18.7 Å². The van der Waals surface area contributed by atoms with Gasteiger partial charge < -0.3 is 14.4 Å². The molecule has 0 radical (unpaired) electrons. The maximum atomic E-state index is 13.5. The second kappa shape index (κ2) is 7.95. The molecule has 7 heteroatoms. The molecule has 2 aromatic rings. The zero-order chi connectivity index (χ0) is 19.6. The van der Waals surface area contributed by atoms with Crippen LogP contribution in [-0.2, 0) is 20.8 Å². The van der Waals surface area contributed by atoms with Crippen molar-refractivity contribution >= 4 is 11.6 Å². The Morgan fingerprint density at radius 3 is 2.96 bits per heavy atom. The number of carbonyl (C=O) groups is 1. The van der Waals surface area contributed by atoms with Crippen LogP contribution in [0.25, 0.3) is 0 Å². The molecule has 1 aromatic heterocycles. The number of carbonyl (C=O) groups excluding carboxylic acids is 1. The Balaban J connectivity index is 1.40. The van der Waals surface area contributed by atoms with Gasteiger partial charge in [-0.2, -0.15) is 0 Å². The van der Waals surface area contributed by atoms with Gasteiger partial charge in [-0.1, -0.05) is 6.07 Å². The Hall–Kier alpha value is -2.35. The van der Waals surface area contributed by atoms with E-state index >= 15 is 0 Å². The predicted octanol–water partition coefficient (Wildman–Crippen LogP) is 2.24. The molecule has 2 atom stereocenters. The summed E-state index contributed by atoms with van der Waals surface area (Å²) in [6.45, 7) is 3.35. The van der Waals surface area contributed by atoms with E-state index in [9.17, 15) is 9.18 Å². The van der Waals surface area contributed by atoms with Crippen LogP contribution in [-0.4, -0.2) is 60.8 Å². The number of anilines is 1. The highest BCUT2D eigenvalue weighted by molar-refractivity contribution is 5.96. The van der Waals surface area contributed by atoms with E-state index in [4.69, 9.17) is 9.47 Å². The van der Waals surface area contributed by atoms with Gasteiger partial charge in [0.15, 0.2) is 0 Å². The van der Waals surface area contributed by atoms with Crippen molar-refractivity contribution in [1.82, 2.24) is 9.88 Å². The Bertz CT molecular complexity index is 835. The van der Waals surface area contributed by atoms with Gasteiger partial charge in [-0.25, -0.2) is 4.39 Å². The van der Waals surface area contributed by atoms with Crippen molar-refractivity contribution in [3.63, 3.8) is 0 Å². The summed E-state index contributed by atoms with van der Waals surface area (Å²) in [7, 11) is 1.64. The van der Waals surface area contributed by atoms with Crippen molar-refractivity contribution in [1.29, 1.82) is 0 Å². The molecule has 2 aliphatic rings. The molecule has 0 saturated carbocycles. The largest absolute Gasteiger partial charge is 0.370 e. The number of rotatable bonds is 4. The van der Waals surface area contributed by atoms with Crippen LogP contribution in [0.5, 0.6) is 0 Å². The third-order valence-electron chi connectivity index (χ3n) is 5.39. The molecule has 6 nitrogen and oxygen atoms in total. The van der Waals surface area contributed by atoms with E-state index in [1.165, 1.54) is 22.6 Å². The Morgan fingerprint density at radius 2 is 2.18 bits per heavy atom. The molecule has 2 fully saturated rings. The van der Waals surface area contributed by atoms with Crippen molar-refractivity contribution in [2.45, 2.75) is 24.7 Å². The summed E-state index contributed by atoms with van der Waals surface area (Å²) in [5.74, 6) is -0.555. The van der Waals surface area contributed by atoms with E-state index in [0.29, 0.717) is 31.9 Å². The molecule has 3 heterocycles. The van der Waals surface area contributed by atoms with Gasteiger partial charge in [0, 0.05) is 51.2 Å². The molecule has 28 heavy (non-hydrogen) atoms. The summed E-state index contributed by atoms with van der Waals surface area (Å²) >= 11 is 0. The van der Waals surface area contributed by atoms with Gasteiger partial charge in [0.2, 0.25) is 0 Å². The highest BCUT2D eigenvalue weighted by Gasteiger charge is 2.47. The van der Waals surface area contributed by atoms with E-state index in [2.05, 4.69) is 9.88 Å². The number of nitrogens with zero attached hydrogens (tertiary/aromatic N) is 3. The lowest BCUT2D eigenvalue weighted by molar-refractivity contribution is -0.127. The molecule has 2 aliphatic heterocycles. The van der Waals surface area contributed by atoms with Gasteiger partial charge in [0.1, 0.15) is 17.5 Å². The number of pyridine rings is 1. The number of halogens is 1. The molecule has 1 aromatic carbocycles. The maximum absolute atomic E-state index is 13.5. The molecule has 0 aliphatic carbocycles. The van der Waals surface area contributed by atoms with Gasteiger partial charge in [-0.3, -0.25) is 14.7 Å². The first-order valence-corrected chi connectivity index (χ1v) is 9.45. The first kappa shape index (κ1) is 19.0. The molecular formula is C21H24FN3O3. The monoisotopic (exact) mass is 385 g/mol. The molecule has 4 rings (SSSR count).